The number of rotatable bonds is 4. The van der Waals surface area contributed by atoms with E-state index in [9.17, 15) is 0 Å². The minimum absolute atomic E-state index is 0.0675. The fourth-order valence-corrected chi connectivity index (χ4v) is 1.78. The van der Waals surface area contributed by atoms with Crippen molar-refractivity contribution in [2.75, 3.05) is 0 Å². The molecule has 100 valence electrons. The largest absolute Gasteiger partial charge is 0.424 e. The van der Waals surface area contributed by atoms with Gasteiger partial charge in [0.15, 0.2) is 0 Å². The van der Waals surface area contributed by atoms with E-state index in [-0.39, 0.29) is 6.61 Å². The Morgan fingerprint density at radius 3 is 2.47 bits per heavy atom. The van der Waals surface area contributed by atoms with Gasteiger partial charge in [0.25, 0.3) is 0 Å². The molecule has 4 nitrogen and oxygen atoms in total. The number of aliphatic hydroxyl groups is 1. The Hall–Kier alpha value is -1.94. The first-order valence-electron chi connectivity index (χ1n) is 6.30. The minimum Gasteiger partial charge on any atom is -0.424 e. The van der Waals surface area contributed by atoms with Crippen LogP contribution in [0.1, 0.15) is 36.5 Å². The molecular weight excluding hydrogens is 240 g/mol. The average molecular weight is 258 g/mol. The maximum absolute atomic E-state index is 8.95. The fourth-order valence-electron chi connectivity index (χ4n) is 1.78. The van der Waals surface area contributed by atoms with E-state index in [4.69, 9.17) is 9.84 Å². The molecule has 0 aliphatic carbocycles. The lowest BCUT2D eigenvalue weighted by Gasteiger charge is -2.13. The fraction of sp³-hybridized carbons (Fsp3) is 0.333. The first-order valence-corrected chi connectivity index (χ1v) is 6.30. The van der Waals surface area contributed by atoms with Crippen LogP contribution in [0.5, 0.6) is 11.8 Å². The summed E-state index contributed by atoms with van der Waals surface area (Å²) in [6.45, 7) is 6.19. The highest BCUT2D eigenvalue weighted by Gasteiger charge is 2.10. The molecule has 2 rings (SSSR count). The number of nitrogens with zero attached hydrogens (tertiary/aromatic N) is 2. The second-order valence-electron chi connectivity index (χ2n) is 4.83. The summed E-state index contributed by atoms with van der Waals surface area (Å²) >= 11 is 0. The summed E-state index contributed by atoms with van der Waals surface area (Å²) in [6, 6.07) is 6.42. The van der Waals surface area contributed by atoms with Crippen LogP contribution >= 0.6 is 0 Å². The molecule has 0 radical (unpaired) electrons. The van der Waals surface area contributed by atoms with Gasteiger partial charge in [-0.15, -0.1) is 0 Å². The highest BCUT2D eigenvalue weighted by atomic mass is 16.5. The van der Waals surface area contributed by atoms with Gasteiger partial charge in [-0.05, 0) is 30.0 Å². The van der Waals surface area contributed by atoms with Crippen LogP contribution in [0.2, 0.25) is 0 Å². The molecule has 0 fully saturated rings. The molecule has 0 bridgehead atoms. The van der Waals surface area contributed by atoms with Crippen molar-refractivity contribution in [3.63, 3.8) is 0 Å². The summed E-state index contributed by atoms with van der Waals surface area (Å²) in [6.07, 6.45) is 3.13. The Kier molecular flexibility index (Phi) is 4.12. The lowest BCUT2D eigenvalue weighted by Crippen LogP contribution is -1.98. The Balaban J connectivity index is 2.28. The molecule has 19 heavy (non-hydrogen) atoms. The minimum atomic E-state index is -0.0675. The SMILES string of the molecule is Cc1ccc(C(C)C)c(Oc2ncc(CO)cn2)c1. The molecule has 0 amide bonds. The van der Waals surface area contributed by atoms with Crippen molar-refractivity contribution < 1.29 is 9.84 Å². The Labute approximate surface area is 113 Å². The van der Waals surface area contributed by atoms with Gasteiger partial charge in [0.2, 0.25) is 0 Å². The third-order valence-electron chi connectivity index (χ3n) is 2.86. The van der Waals surface area contributed by atoms with Crippen LogP contribution in [0.3, 0.4) is 0 Å². The van der Waals surface area contributed by atoms with Gasteiger partial charge >= 0.3 is 6.01 Å². The zero-order valence-corrected chi connectivity index (χ0v) is 11.4. The van der Waals surface area contributed by atoms with Gasteiger partial charge < -0.3 is 9.84 Å². The lowest BCUT2D eigenvalue weighted by atomic mass is 10.0. The zero-order chi connectivity index (χ0) is 13.8. The van der Waals surface area contributed by atoms with Crippen molar-refractivity contribution in [1.82, 2.24) is 9.97 Å². The first-order chi connectivity index (χ1) is 9.10. The number of aromatic nitrogens is 2. The molecule has 0 aliphatic rings. The van der Waals surface area contributed by atoms with Crippen molar-refractivity contribution in [3.8, 4) is 11.8 Å². The average Bonchev–Trinajstić information content (AvgIpc) is 2.39. The standard InChI is InChI=1S/C15H18N2O2/c1-10(2)13-5-4-11(3)6-14(13)19-15-16-7-12(9-18)8-17-15/h4-8,10,18H,9H2,1-3H3. The van der Waals surface area contributed by atoms with Crippen molar-refractivity contribution in [2.45, 2.75) is 33.3 Å². The maximum atomic E-state index is 8.95. The zero-order valence-electron chi connectivity index (χ0n) is 11.4. The predicted octanol–water partition coefficient (Wildman–Crippen LogP) is 3.19. The molecule has 0 saturated carbocycles. The third kappa shape index (κ3) is 3.29. The van der Waals surface area contributed by atoms with Crippen LogP contribution in [-0.2, 0) is 6.61 Å². The lowest BCUT2D eigenvalue weighted by molar-refractivity contribution is 0.280. The van der Waals surface area contributed by atoms with Gasteiger partial charge in [-0.25, -0.2) is 9.97 Å². The molecule has 1 N–H and O–H groups in total. The Morgan fingerprint density at radius 2 is 1.89 bits per heavy atom. The Bertz CT molecular complexity index is 551. The van der Waals surface area contributed by atoms with Gasteiger partial charge in [0.1, 0.15) is 5.75 Å². The summed E-state index contributed by atoms with van der Waals surface area (Å²) in [5.41, 5.74) is 2.92. The molecule has 0 spiro atoms. The van der Waals surface area contributed by atoms with Gasteiger partial charge in [0.05, 0.1) is 6.61 Å². The number of hydrogen-bond acceptors (Lipinski definition) is 4. The molecule has 1 aromatic heterocycles. The normalized spacial score (nSPS) is 10.8. The van der Waals surface area contributed by atoms with Crippen LogP contribution in [0.4, 0.5) is 0 Å². The van der Waals surface area contributed by atoms with E-state index < -0.39 is 0 Å². The van der Waals surface area contributed by atoms with Crippen LogP contribution in [-0.4, -0.2) is 15.1 Å². The van der Waals surface area contributed by atoms with E-state index in [1.54, 1.807) is 12.4 Å². The summed E-state index contributed by atoms with van der Waals surface area (Å²) in [4.78, 5) is 8.16. The quantitative estimate of drug-likeness (QED) is 0.915. The molecule has 2 aromatic rings. The number of hydrogen-bond donors (Lipinski definition) is 1. The number of aryl methyl sites for hydroxylation is 1. The summed E-state index contributed by atoms with van der Waals surface area (Å²) < 4.78 is 5.75. The summed E-state index contributed by atoms with van der Waals surface area (Å²) in [7, 11) is 0. The second-order valence-corrected chi connectivity index (χ2v) is 4.83. The number of aliphatic hydroxyl groups excluding tert-OH is 1. The van der Waals surface area contributed by atoms with Crippen molar-refractivity contribution >= 4 is 0 Å². The summed E-state index contributed by atoms with van der Waals surface area (Å²) in [5.74, 6) is 1.15. The van der Waals surface area contributed by atoms with E-state index in [0.717, 1.165) is 16.9 Å². The highest BCUT2D eigenvalue weighted by Crippen LogP contribution is 2.30. The van der Waals surface area contributed by atoms with Gasteiger partial charge in [-0.1, -0.05) is 26.0 Å². The smallest absolute Gasteiger partial charge is 0.321 e. The second kappa shape index (κ2) is 5.80. The van der Waals surface area contributed by atoms with Crippen molar-refractivity contribution in [2.24, 2.45) is 0 Å². The maximum Gasteiger partial charge on any atom is 0.321 e. The monoisotopic (exact) mass is 258 g/mol. The molecule has 0 aliphatic heterocycles. The van der Waals surface area contributed by atoms with Gasteiger partial charge in [-0.3, -0.25) is 0 Å². The topological polar surface area (TPSA) is 55.2 Å². The van der Waals surface area contributed by atoms with Crippen LogP contribution in [0, 0.1) is 6.92 Å². The number of benzene rings is 1. The predicted molar refractivity (Wildman–Crippen MR) is 73.3 cm³/mol. The van der Waals surface area contributed by atoms with Crippen molar-refractivity contribution in [1.29, 1.82) is 0 Å². The molecule has 1 heterocycles. The van der Waals surface area contributed by atoms with Crippen molar-refractivity contribution in [3.05, 3.63) is 47.3 Å². The molecular formula is C15H18N2O2. The van der Waals surface area contributed by atoms with E-state index in [1.165, 1.54) is 0 Å². The summed E-state index contributed by atoms with van der Waals surface area (Å²) in [5, 5.41) is 8.95. The molecule has 0 saturated heterocycles. The van der Waals surface area contributed by atoms with Gasteiger partial charge in [0, 0.05) is 18.0 Å². The first kappa shape index (κ1) is 13.5. The molecule has 4 heteroatoms. The van der Waals surface area contributed by atoms with E-state index in [1.807, 2.05) is 13.0 Å². The van der Waals surface area contributed by atoms with E-state index in [0.29, 0.717) is 17.5 Å². The van der Waals surface area contributed by atoms with Crippen LogP contribution < -0.4 is 4.74 Å². The van der Waals surface area contributed by atoms with Crippen LogP contribution in [0.25, 0.3) is 0 Å². The Morgan fingerprint density at radius 1 is 1.21 bits per heavy atom. The molecule has 0 atom stereocenters. The van der Waals surface area contributed by atoms with E-state index in [2.05, 4.69) is 35.9 Å². The number of ether oxygens (including phenoxy) is 1. The van der Waals surface area contributed by atoms with Crippen LogP contribution in [0.15, 0.2) is 30.6 Å². The highest BCUT2D eigenvalue weighted by molar-refractivity contribution is 5.40. The molecule has 0 unspecified atom stereocenters. The van der Waals surface area contributed by atoms with Gasteiger partial charge in [-0.2, -0.15) is 0 Å². The molecule has 1 aromatic carbocycles. The third-order valence-corrected chi connectivity index (χ3v) is 2.86. The van der Waals surface area contributed by atoms with E-state index >= 15 is 0 Å².